The number of benzene rings is 2. The zero-order chi connectivity index (χ0) is 25.4. The van der Waals surface area contributed by atoms with Crippen molar-refractivity contribution in [2.45, 2.75) is 97.3 Å². The van der Waals surface area contributed by atoms with Gasteiger partial charge in [-0.15, -0.1) is 0 Å². The molecule has 1 heterocycles. The highest BCUT2D eigenvalue weighted by Crippen LogP contribution is 2.26. The Hall–Kier alpha value is -2.75. The van der Waals surface area contributed by atoms with Crippen molar-refractivity contribution >= 4 is 0 Å². The summed E-state index contributed by atoms with van der Waals surface area (Å²) in [5, 5.41) is 0. The first-order valence-corrected chi connectivity index (χ1v) is 14.0. The zero-order valence-electron chi connectivity index (χ0n) is 22.3. The maximum absolute atomic E-state index is 14.7. The van der Waals surface area contributed by atoms with E-state index >= 15 is 0 Å². The Labute approximate surface area is 217 Å². The van der Waals surface area contributed by atoms with Crippen LogP contribution in [0.2, 0.25) is 0 Å². The summed E-state index contributed by atoms with van der Waals surface area (Å²) in [4.78, 5) is 8.88. The van der Waals surface area contributed by atoms with E-state index in [1.165, 1.54) is 75.8 Å². The summed E-state index contributed by atoms with van der Waals surface area (Å²) in [6.07, 6.45) is 19.8. The van der Waals surface area contributed by atoms with Crippen LogP contribution in [0.4, 0.5) is 4.39 Å². The Morgan fingerprint density at radius 3 is 1.92 bits per heavy atom. The summed E-state index contributed by atoms with van der Waals surface area (Å²) in [7, 11) is 0. The first-order valence-electron chi connectivity index (χ1n) is 14.0. The van der Waals surface area contributed by atoms with Crippen molar-refractivity contribution in [3.8, 4) is 28.3 Å². The normalized spacial score (nSPS) is 11.1. The average molecular weight is 491 g/mol. The van der Waals surface area contributed by atoms with Crippen molar-refractivity contribution in [2.75, 3.05) is 6.61 Å². The van der Waals surface area contributed by atoms with Gasteiger partial charge in [0.1, 0.15) is 11.6 Å². The smallest absolute Gasteiger partial charge is 0.162 e. The number of hydrogen-bond donors (Lipinski definition) is 0. The SMILES string of the molecule is CCCCCCCCOc1ccc(-c2ncc(-c3ccc(CCCCCCCC)cc3)cn2)c(F)c1. The molecular formula is C32H43FN2O. The van der Waals surface area contributed by atoms with Gasteiger partial charge in [-0.3, -0.25) is 0 Å². The maximum atomic E-state index is 14.7. The fourth-order valence-corrected chi connectivity index (χ4v) is 4.43. The van der Waals surface area contributed by atoms with Crippen LogP contribution in [0, 0.1) is 5.82 Å². The van der Waals surface area contributed by atoms with Crippen LogP contribution >= 0.6 is 0 Å². The Morgan fingerprint density at radius 2 is 1.28 bits per heavy atom. The van der Waals surface area contributed by atoms with Crippen molar-refractivity contribution in [1.29, 1.82) is 0 Å². The third-order valence-corrected chi connectivity index (χ3v) is 6.71. The van der Waals surface area contributed by atoms with Gasteiger partial charge in [0.15, 0.2) is 5.82 Å². The molecule has 1 aromatic heterocycles. The second-order valence-corrected chi connectivity index (χ2v) is 9.77. The minimum atomic E-state index is -0.359. The Bertz CT molecular complexity index is 1000. The molecule has 4 heteroatoms. The lowest BCUT2D eigenvalue weighted by atomic mass is 10.0. The number of hydrogen-bond acceptors (Lipinski definition) is 3. The highest BCUT2D eigenvalue weighted by molar-refractivity contribution is 5.64. The van der Waals surface area contributed by atoms with E-state index in [1.54, 1.807) is 24.5 Å². The topological polar surface area (TPSA) is 35.0 Å². The first-order chi connectivity index (χ1) is 17.7. The van der Waals surface area contributed by atoms with Crippen LogP contribution in [0.5, 0.6) is 5.75 Å². The predicted octanol–water partition coefficient (Wildman–Crippen LogP) is 9.59. The molecule has 0 radical (unpaired) electrons. The molecule has 0 amide bonds. The van der Waals surface area contributed by atoms with Gasteiger partial charge in [0.25, 0.3) is 0 Å². The molecule has 36 heavy (non-hydrogen) atoms. The molecule has 0 aliphatic carbocycles. The van der Waals surface area contributed by atoms with E-state index in [9.17, 15) is 4.39 Å². The maximum Gasteiger partial charge on any atom is 0.162 e. The number of ether oxygens (including phenoxy) is 1. The van der Waals surface area contributed by atoms with E-state index in [1.807, 2.05) is 0 Å². The van der Waals surface area contributed by atoms with Crippen LogP contribution in [0.15, 0.2) is 54.9 Å². The molecule has 0 saturated carbocycles. The van der Waals surface area contributed by atoms with E-state index in [4.69, 9.17) is 4.74 Å². The second kappa shape index (κ2) is 16.1. The number of halogens is 1. The molecule has 3 rings (SSSR count). The quantitative estimate of drug-likeness (QED) is 0.177. The van der Waals surface area contributed by atoms with Crippen molar-refractivity contribution < 1.29 is 9.13 Å². The third-order valence-electron chi connectivity index (χ3n) is 6.71. The van der Waals surface area contributed by atoms with Gasteiger partial charge in [0.2, 0.25) is 0 Å². The van der Waals surface area contributed by atoms with Crippen LogP contribution in [0.1, 0.15) is 96.5 Å². The molecule has 0 fully saturated rings. The van der Waals surface area contributed by atoms with Gasteiger partial charge in [-0.1, -0.05) is 102 Å². The van der Waals surface area contributed by atoms with Crippen molar-refractivity contribution in [3.05, 3.63) is 66.2 Å². The number of aromatic nitrogens is 2. The number of rotatable bonds is 17. The third kappa shape index (κ3) is 9.37. The summed E-state index contributed by atoms with van der Waals surface area (Å²) in [5.41, 5.74) is 3.77. The summed E-state index contributed by atoms with van der Waals surface area (Å²) in [6, 6.07) is 13.6. The monoisotopic (exact) mass is 490 g/mol. The Balaban J connectivity index is 1.48. The standard InChI is InChI=1S/C32H43FN2O/c1-3-5-7-9-11-13-15-26-16-18-27(19-17-26)28-24-34-32(35-25-28)30-21-20-29(23-31(30)33)36-22-14-12-10-8-6-4-2/h16-21,23-25H,3-15,22H2,1-2H3. The highest BCUT2D eigenvalue weighted by Gasteiger charge is 2.10. The van der Waals surface area contributed by atoms with E-state index in [0.717, 1.165) is 30.4 Å². The highest BCUT2D eigenvalue weighted by atomic mass is 19.1. The molecule has 0 N–H and O–H groups in total. The number of nitrogens with zero attached hydrogens (tertiary/aromatic N) is 2. The van der Waals surface area contributed by atoms with Crippen molar-refractivity contribution in [1.82, 2.24) is 9.97 Å². The van der Waals surface area contributed by atoms with Crippen LogP contribution in [0.3, 0.4) is 0 Å². The van der Waals surface area contributed by atoms with Gasteiger partial charge in [0, 0.05) is 24.0 Å². The Morgan fingerprint density at radius 1 is 0.667 bits per heavy atom. The second-order valence-electron chi connectivity index (χ2n) is 9.77. The van der Waals surface area contributed by atoms with Crippen LogP contribution in [-0.4, -0.2) is 16.6 Å². The largest absolute Gasteiger partial charge is 0.493 e. The Kier molecular flexibility index (Phi) is 12.4. The zero-order valence-corrected chi connectivity index (χ0v) is 22.3. The van der Waals surface area contributed by atoms with Gasteiger partial charge < -0.3 is 4.74 Å². The molecule has 194 valence electrons. The summed E-state index contributed by atoms with van der Waals surface area (Å²) < 4.78 is 20.5. The molecule has 0 unspecified atom stereocenters. The number of unbranched alkanes of at least 4 members (excludes halogenated alkanes) is 10. The van der Waals surface area contributed by atoms with Gasteiger partial charge >= 0.3 is 0 Å². The summed E-state index contributed by atoms with van der Waals surface area (Å²) in [5.74, 6) is 0.586. The minimum absolute atomic E-state index is 0.359. The van der Waals surface area contributed by atoms with E-state index < -0.39 is 0 Å². The van der Waals surface area contributed by atoms with Gasteiger partial charge in [-0.2, -0.15) is 0 Å². The molecule has 2 aromatic carbocycles. The van der Waals surface area contributed by atoms with E-state index in [2.05, 4.69) is 48.1 Å². The molecule has 0 saturated heterocycles. The van der Waals surface area contributed by atoms with Crippen LogP contribution in [-0.2, 0) is 6.42 Å². The molecule has 0 atom stereocenters. The van der Waals surface area contributed by atoms with E-state index in [-0.39, 0.29) is 5.82 Å². The summed E-state index contributed by atoms with van der Waals surface area (Å²) >= 11 is 0. The van der Waals surface area contributed by atoms with Gasteiger partial charge in [-0.25, -0.2) is 14.4 Å². The van der Waals surface area contributed by atoms with Crippen LogP contribution < -0.4 is 4.74 Å². The molecule has 0 aliphatic heterocycles. The molecule has 0 bridgehead atoms. The molecule has 3 aromatic rings. The van der Waals surface area contributed by atoms with Crippen LogP contribution in [0.25, 0.3) is 22.5 Å². The first kappa shape index (κ1) is 27.8. The summed E-state index contributed by atoms with van der Waals surface area (Å²) in [6.45, 7) is 5.09. The molecule has 0 spiro atoms. The average Bonchev–Trinajstić information content (AvgIpc) is 2.91. The van der Waals surface area contributed by atoms with Gasteiger partial charge in [-0.05, 0) is 42.5 Å². The lowest BCUT2D eigenvalue weighted by Gasteiger charge is -2.09. The van der Waals surface area contributed by atoms with Crippen molar-refractivity contribution in [3.63, 3.8) is 0 Å². The minimum Gasteiger partial charge on any atom is -0.493 e. The number of aryl methyl sites for hydroxylation is 1. The van der Waals surface area contributed by atoms with Gasteiger partial charge in [0.05, 0.1) is 12.2 Å². The fourth-order valence-electron chi connectivity index (χ4n) is 4.43. The fraction of sp³-hybridized carbons (Fsp3) is 0.500. The lowest BCUT2D eigenvalue weighted by molar-refractivity contribution is 0.303. The molecule has 0 aliphatic rings. The molecule has 3 nitrogen and oxygen atoms in total. The predicted molar refractivity (Wildman–Crippen MR) is 149 cm³/mol. The van der Waals surface area contributed by atoms with Crippen molar-refractivity contribution in [2.24, 2.45) is 0 Å². The lowest BCUT2D eigenvalue weighted by Crippen LogP contribution is -1.99. The molecular weight excluding hydrogens is 447 g/mol. The van der Waals surface area contributed by atoms with E-state index in [0.29, 0.717) is 23.7 Å².